The first-order valence-electron chi connectivity index (χ1n) is 8.59. The Morgan fingerprint density at radius 3 is 2.10 bits per heavy atom. The van der Waals surface area contributed by atoms with E-state index < -0.39 is 0 Å². The van der Waals surface area contributed by atoms with Gasteiger partial charge in [-0.1, -0.05) is 77.8 Å². The predicted octanol–water partition coefficient (Wildman–Crippen LogP) is 5.97. The zero-order valence-corrected chi connectivity index (χ0v) is 14.9. The molecule has 0 radical (unpaired) electrons. The number of hydrogen-bond donors (Lipinski definition) is 1. The second-order valence-electron chi connectivity index (χ2n) is 8.12. The molecule has 0 amide bonds. The lowest BCUT2D eigenvalue weighted by Gasteiger charge is -2.30. The van der Waals surface area contributed by atoms with Crippen LogP contribution in [-0.4, -0.2) is 6.04 Å². The standard InChI is InChI=1S/C20H35N/c1-16(2)11-10-12-17(3)21-19(15-20(4,5)6)18-13-8-7-9-14-18/h7-9,13-14,16-17,19,21H,10-12,15H2,1-6H3. The maximum Gasteiger partial charge on any atom is 0.0327 e. The van der Waals surface area contributed by atoms with Gasteiger partial charge in [-0.2, -0.15) is 0 Å². The smallest absolute Gasteiger partial charge is 0.0327 e. The molecule has 1 N–H and O–H groups in total. The van der Waals surface area contributed by atoms with Crippen LogP contribution >= 0.6 is 0 Å². The van der Waals surface area contributed by atoms with Crippen LogP contribution in [0.5, 0.6) is 0 Å². The second-order valence-corrected chi connectivity index (χ2v) is 8.12. The maximum atomic E-state index is 3.86. The Bertz CT molecular complexity index is 375. The summed E-state index contributed by atoms with van der Waals surface area (Å²) >= 11 is 0. The van der Waals surface area contributed by atoms with Gasteiger partial charge in [-0.25, -0.2) is 0 Å². The Balaban J connectivity index is 2.61. The summed E-state index contributed by atoms with van der Waals surface area (Å²) < 4.78 is 0. The van der Waals surface area contributed by atoms with E-state index in [0.717, 1.165) is 5.92 Å². The predicted molar refractivity (Wildman–Crippen MR) is 94.5 cm³/mol. The molecule has 0 aliphatic heterocycles. The molecule has 21 heavy (non-hydrogen) atoms. The van der Waals surface area contributed by atoms with Crippen molar-refractivity contribution in [2.75, 3.05) is 0 Å². The number of rotatable bonds is 8. The third-order valence-corrected chi connectivity index (χ3v) is 3.92. The molecule has 1 nitrogen and oxygen atoms in total. The van der Waals surface area contributed by atoms with Crippen LogP contribution in [0, 0.1) is 11.3 Å². The van der Waals surface area contributed by atoms with Crippen molar-refractivity contribution in [3.05, 3.63) is 35.9 Å². The van der Waals surface area contributed by atoms with E-state index in [1.807, 2.05) is 0 Å². The molecule has 0 fully saturated rings. The van der Waals surface area contributed by atoms with Crippen molar-refractivity contribution in [2.45, 2.75) is 79.3 Å². The molecule has 2 atom stereocenters. The van der Waals surface area contributed by atoms with Gasteiger partial charge < -0.3 is 5.32 Å². The van der Waals surface area contributed by atoms with Crippen molar-refractivity contribution in [3.8, 4) is 0 Å². The summed E-state index contributed by atoms with van der Waals surface area (Å²) in [5.41, 5.74) is 1.76. The van der Waals surface area contributed by atoms with E-state index in [2.05, 4.69) is 77.2 Å². The minimum absolute atomic E-state index is 0.338. The quantitative estimate of drug-likeness (QED) is 0.622. The van der Waals surface area contributed by atoms with E-state index >= 15 is 0 Å². The zero-order valence-electron chi connectivity index (χ0n) is 14.9. The van der Waals surface area contributed by atoms with E-state index in [1.165, 1.54) is 31.2 Å². The summed E-state index contributed by atoms with van der Waals surface area (Å²) in [4.78, 5) is 0. The molecule has 0 aromatic heterocycles. The SMILES string of the molecule is CC(C)CCCC(C)NC(CC(C)(C)C)c1ccccc1. The van der Waals surface area contributed by atoms with E-state index in [1.54, 1.807) is 0 Å². The van der Waals surface area contributed by atoms with Crippen molar-refractivity contribution in [3.63, 3.8) is 0 Å². The summed E-state index contributed by atoms with van der Waals surface area (Å²) in [5, 5.41) is 3.86. The molecule has 120 valence electrons. The van der Waals surface area contributed by atoms with Gasteiger partial charge in [0.2, 0.25) is 0 Å². The lowest BCUT2D eigenvalue weighted by molar-refractivity contribution is 0.290. The topological polar surface area (TPSA) is 12.0 Å². The van der Waals surface area contributed by atoms with Crippen molar-refractivity contribution in [2.24, 2.45) is 11.3 Å². The van der Waals surface area contributed by atoms with Gasteiger partial charge >= 0.3 is 0 Å². The fraction of sp³-hybridized carbons (Fsp3) is 0.700. The van der Waals surface area contributed by atoms with Crippen LogP contribution < -0.4 is 5.32 Å². The second kappa shape index (κ2) is 8.58. The molecule has 0 spiro atoms. The Morgan fingerprint density at radius 1 is 0.952 bits per heavy atom. The summed E-state index contributed by atoms with van der Waals surface area (Å²) in [6.45, 7) is 13.9. The minimum atomic E-state index is 0.338. The Morgan fingerprint density at radius 2 is 1.57 bits per heavy atom. The van der Waals surface area contributed by atoms with Gasteiger partial charge in [-0.15, -0.1) is 0 Å². The lowest BCUT2D eigenvalue weighted by atomic mass is 9.85. The highest BCUT2D eigenvalue weighted by Gasteiger charge is 2.21. The third-order valence-electron chi connectivity index (χ3n) is 3.92. The molecule has 0 aliphatic carbocycles. The van der Waals surface area contributed by atoms with E-state index in [0.29, 0.717) is 17.5 Å². The van der Waals surface area contributed by atoms with Crippen molar-refractivity contribution in [1.82, 2.24) is 5.32 Å². The van der Waals surface area contributed by atoms with Crippen LogP contribution in [-0.2, 0) is 0 Å². The van der Waals surface area contributed by atoms with E-state index in [9.17, 15) is 0 Å². The van der Waals surface area contributed by atoms with Crippen LogP contribution in [0.25, 0.3) is 0 Å². The molecule has 1 aromatic carbocycles. The maximum absolute atomic E-state index is 3.86. The molecule has 2 unspecified atom stereocenters. The first kappa shape index (κ1) is 18.2. The molecule has 1 heteroatoms. The first-order chi connectivity index (χ1) is 9.78. The molecule has 0 heterocycles. The largest absolute Gasteiger partial charge is 0.307 e. The van der Waals surface area contributed by atoms with Crippen LogP contribution in [0.1, 0.15) is 78.8 Å². The highest BCUT2D eigenvalue weighted by molar-refractivity contribution is 5.19. The molecular formula is C20H35N. The highest BCUT2D eigenvalue weighted by Crippen LogP contribution is 2.30. The average molecular weight is 290 g/mol. The van der Waals surface area contributed by atoms with Gasteiger partial charge in [-0.3, -0.25) is 0 Å². The third kappa shape index (κ3) is 8.26. The average Bonchev–Trinajstić information content (AvgIpc) is 2.37. The van der Waals surface area contributed by atoms with Crippen LogP contribution in [0.15, 0.2) is 30.3 Å². The molecule has 1 rings (SSSR count). The summed E-state index contributed by atoms with van der Waals surface area (Å²) in [6, 6.07) is 11.9. The summed E-state index contributed by atoms with van der Waals surface area (Å²) in [7, 11) is 0. The van der Waals surface area contributed by atoms with Crippen molar-refractivity contribution >= 4 is 0 Å². The van der Waals surface area contributed by atoms with Gasteiger partial charge in [0, 0.05) is 12.1 Å². The van der Waals surface area contributed by atoms with Gasteiger partial charge in [0.15, 0.2) is 0 Å². The number of nitrogens with one attached hydrogen (secondary N) is 1. The van der Waals surface area contributed by atoms with Crippen molar-refractivity contribution < 1.29 is 0 Å². The monoisotopic (exact) mass is 289 g/mol. The highest BCUT2D eigenvalue weighted by atomic mass is 14.9. The fourth-order valence-electron chi connectivity index (χ4n) is 2.83. The van der Waals surface area contributed by atoms with Gasteiger partial charge in [0.25, 0.3) is 0 Å². The first-order valence-corrected chi connectivity index (χ1v) is 8.59. The van der Waals surface area contributed by atoms with Crippen LogP contribution in [0.3, 0.4) is 0 Å². The van der Waals surface area contributed by atoms with Gasteiger partial charge in [0.05, 0.1) is 0 Å². The number of benzene rings is 1. The van der Waals surface area contributed by atoms with E-state index in [4.69, 9.17) is 0 Å². The Kier molecular flexibility index (Phi) is 7.45. The van der Waals surface area contributed by atoms with Crippen LogP contribution in [0.4, 0.5) is 0 Å². The van der Waals surface area contributed by atoms with Crippen molar-refractivity contribution in [1.29, 1.82) is 0 Å². The van der Waals surface area contributed by atoms with Gasteiger partial charge in [0.1, 0.15) is 0 Å². The van der Waals surface area contributed by atoms with Crippen LogP contribution in [0.2, 0.25) is 0 Å². The Labute approximate surface area is 132 Å². The molecule has 0 aliphatic rings. The Hall–Kier alpha value is -0.820. The molecule has 1 aromatic rings. The fourth-order valence-corrected chi connectivity index (χ4v) is 2.83. The molecule has 0 saturated carbocycles. The number of hydrogen-bond acceptors (Lipinski definition) is 1. The minimum Gasteiger partial charge on any atom is -0.307 e. The zero-order chi connectivity index (χ0) is 15.9. The molecule has 0 saturated heterocycles. The van der Waals surface area contributed by atoms with Gasteiger partial charge in [-0.05, 0) is 36.7 Å². The molecular weight excluding hydrogens is 254 g/mol. The van der Waals surface area contributed by atoms with E-state index in [-0.39, 0.29) is 0 Å². The normalized spacial score (nSPS) is 15.2. The molecule has 0 bridgehead atoms. The lowest BCUT2D eigenvalue weighted by Crippen LogP contribution is -2.33. The summed E-state index contributed by atoms with van der Waals surface area (Å²) in [5.74, 6) is 0.816. The summed E-state index contributed by atoms with van der Waals surface area (Å²) in [6.07, 6.45) is 5.10.